The molecule has 0 radical (unpaired) electrons. The minimum atomic E-state index is -0.262. The zero-order valence-corrected chi connectivity index (χ0v) is 15.6. The summed E-state index contributed by atoms with van der Waals surface area (Å²) in [5.74, 6) is 1.31. The molecule has 3 aromatic rings. The fourth-order valence-corrected chi connectivity index (χ4v) is 3.31. The molecular weight excluding hydrogens is 322 g/mol. The quantitative estimate of drug-likeness (QED) is 0.614. The van der Waals surface area contributed by atoms with Crippen molar-refractivity contribution in [3.8, 4) is 5.75 Å². The van der Waals surface area contributed by atoms with Crippen LogP contribution >= 0.6 is 0 Å². The molecule has 2 atom stereocenters. The SMILES string of the molecule is COc1ccc2cc(C(C)CCC(O)CCc3cccnc3)ccc2c1. The van der Waals surface area contributed by atoms with Crippen LogP contribution in [0.5, 0.6) is 5.75 Å². The van der Waals surface area contributed by atoms with E-state index in [1.165, 1.54) is 21.9 Å². The summed E-state index contributed by atoms with van der Waals surface area (Å²) in [5, 5.41) is 12.7. The van der Waals surface area contributed by atoms with E-state index in [1.807, 2.05) is 18.3 Å². The third-order valence-electron chi connectivity index (χ3n) is 5.06. The fourth-order valence-electron chi connectivity index (χ4n) is 3.31. The number of pyridine rings is 1. The van der Waals surface area contributed by atoms with Crippen molar-refractivity contribution in [3.05, 3.63) is 72.1 Å². The molecule has 0 saturated heterocycles. The molecule has 1 heterocycles. The molecule has 26 heavy (non-hydrogen) atoms. The van der Waals surface area contributed by atoms with Gasteiger partial charge in [-0.3, -0.25) is 4.98 Å². The van der Waals surface area contributed by atoms with Crippen LogP contribution in [0.4, 0.5) is 0 Å². The number of rotatable bonds is 8. The van der Waals surface area contributed by atoms with E-state index in [0.29, 0.717) is 5.92 Å². The molecule has 1 aromatic heterocycles. The van der Waals surface area contributed by atoms with Gasteiger partial charge in [0.25, 0.3) is 0 Å². The van der Waals surface area contributed by atoms with Gasteiger partial charge in [-0.25, -0.2) is 0 Å². The Kier molecular flexibility index (Phi) is 6.24. The number of hydrogen-bond donors (Lipinski definition) is 1. The molecule has 0 fully saturated rings. The minimum absolute atomic E-state index is 0.262. The van der Waals surface area contributed by atoms with Crippen molar-refractivity contribution in [1.82, 2.24) is 4.98 Å². The highest BCUT2D eigenvalue weighted by molar-refractivity contribution is 5.84. The number of methoxy groups -OCH3 is 1. The van der Waals surface area contributed by atoms with Crippen molar-refractivity contribution in [2.24, 2.45) is 0 Å². The van der Waals surface area contributed by atoms with Crippen molar-refractivity contribution in [1.29, 1.82) is 0 Å². The molecule has 0 bridgehead atoms. The highest BCUT2D eigenvalue weighted by Crippen LogP contribution is 2.27. The molecule has 0 aliphatic rings. The summed E-state index contributed by atoms with van der Waals surface area (Å²) in [5.41, 5.74) is 2.51. The molecule has 3 nitrogen and oxygen atoms in total. The second-order valence-corrected chi connectivity index (χ2v) is 7.00. The summed E-state index contributed by atoms with van der Waals surface area (Å²) < 4.78 is 5.29. The molecule has 0 aliphatic carbocycles. The van der Waals surface area contributed by atoms with Gasteiger partial charge in [0.15, 0.2) is 0 Å². The molecule has 2 unspecified atom stereocenters. The lowest BCUT2D eigenvalue weighted by atomic mass is 9.92. The predicted octanol–water partition coefficient (Wildman–Crippen LogP) is 5.12. The van der Waals surface area contributed by atoms with Crippen LogP contribution in [0.3, 0.4) is 0 Å². The van der Waals surface area contributed by atoms with Crippen LogP contribution in [0.15, 0.2) is 60.9 Å². The Morgan fingerprint density at radius 2 is 1.81 bits per heavy atom. The minimum Gasteiger partial charge on any atom is -0.497 e. The van der Waals surface area contributed by atoms with Gasteiger partial charge in [0.05, 0.1) is 13.2 Å². The van der Waals surface area contributed by atoms with Gasteiger partial charge in [-0.2, -0.15) is 0 Å². The first-order valence-electron chi connectivity index (χ1n) is 9.30. The summed E-state index contributed by atoms with van der Waals surface area (Å²) in [6.07, 6.45) is 6.86. The topological polar surface area (TPSA) is 42.4 Å². The average molecular weight is 349 g/mol. The number of ether oxygens (including phenoxy) is 1. The van der Waals surface area contributed by atoms with Gasteiger partial charge >= 0.3 is 0 Å². The van der Waals surface area contributed by atoms with E-state index < -0.39 is 0 Å². The summed E-state index contributed by atoms with van der Waals surface area (Å²) in [4.78, 5) is 4.12. The molecule has 0 aliphatic heterocycles. The van der Waals surface area contributed by atoms with Gasteiger partial charge in [0, 0.05) is 12.4 Å². The number of aliphatic hydroxyl groups is 1. The normalized spacial score (nSPS) is 13.5. The molecule has 0 amide bonds. The first-order chi connectivity index (χ1) is 12.7. The van der Waals surface area contributed by atoms with Gasteiger partial charge in [-0.1, -0.05) is 37.3 Å². The van der Waals surface area contributed by atoms with Crippen LogP contribution in [0, 0.1) is 0 Å². The summed E-state index contributed by atoms with van der Waals surface area (Å²) >= 11 is 0. The zero-order chi connectivity index (χ0) is 18.4. The molecule has 136 valence electrons. The Labute approximate surface area is 155 Å². The van der Waals surface area contributed by atoms with Crippen molar-refractivity contribution in [3.63, 3.8) is 0 Å². The van der Waals surface area contributed by atoms with Crippen molar-refractivity contribution in [2.75, 3.05) is 7.11 Å². The molecule has 3 heteroatoms. The van der Waals surface area contributed by atoms with E-state index in [1.54, 1.807) is 13.3 Å². The second-order valence-electron chi connectivity index (χ2n) is 7.00. The van der Waals surface area contributed by atoms with Gasteiger partial charge in [-0.15, -0.1) is 0 Å². The molecule has 1 N–H and O–H groups in total. The van der Waals surface area contributed by atoms with E-state index in [0.717, 1.165) is 31.4 Å². The molecule has 0 saturated carbocycles. The van der Waals surface area contributed by atoms with Gasteiger partial charge in [0.2, 0.25) is 0 Å². The number of hydrogen-bond acceptors (Lipinski definition) is 3. The van der Waals surface area contributed by atoms with Gasteiger partial charge in [0.1, 0.15) is 5.75 Å². The number of fused-ring (bicyclic) bond motifs is 1. The van der Waals surface area contributed by atoms with Crippen molar-refractivity contribution < 1.29 is 9.84 Å². The van der Waals surface area contributed by atoms with E-state index >= 15 is 0 Å². The summed E-state index contributed by atoms with van der Waals surface area (Å²) in [6, 6.07) is 16.8. The van der Waals surface area contributed by atoms with E-state index in [-0.39, 0.29) is 6.10 Å². The average Bonchev–Trinajstić information content (AvgIpc) is 2.70. The number of benzene rings is 2. The first kappa shape index (κ1) is 18.4. The number of aromatic nitrogens is 1. The standard InChI is InChI=1S/C23H27NO2/c1-17(5-10-22(25)11-6-18-4-3-13-24-16-18)19-7-8-21-15-23(26-2)12-9-20(21)14-19/h3-4,7-9,12-17,22,25H,5-6,10-11H2,1-2H3. The Balaban J connectivity index is 1.54. The van der Waals surface area contributed by atoms with E-state index in [4.69, 9.17) is 4.74 Å². The van der Waals surface area contributed by atoms with Crippen molar-refractivity contribution >= 4 is 10.8 Å². The summed E-state index contributed by atoms with van der Waals surface area (Å²) in [7, 11) is 1.69. The Morgan fingerprint density at radius 3 is 2.58 bits per heavy atom. The predicted molar refractivity (Wildman–Crippen MR) is 107 cm³/mol. The number of nitrogens with zero attached hydrogens (tertiary/aromatic N) is 1. The maximum absolute atomic E-state index is 10.3. The molecule has 0 spiro atoms. The van der Waals surface area contributed by atoms with Crippen LogP contribution < -0.4 is 4.74 Å². The van der Waals surface area contributed by atoms with E-state index in [9.17, 15) is 5.11 Å². The van der Waals surface area contributed by atoms with Crippen LogP contribution in [-0.2, 0) is 6.42 Å². The van der Waals surface area contributed by atoms with Crippen LogP contribution in [0.1, 0.15) is 43.2 Å². The molecular formula is C23H27NO2. The van der Waals surface area contributed by atoms with Crippen LogP contribution in [0.25, 0.3) is 10.8 Å². The maximum atomic E-state index is 10.3. The lowest BCUT2D eigenvalue weighted by Crippen LogP contribution is -2.09. The first-order valence-corrected chi connectivity index (χ1v) is 9.30. The number of aryl methyl sites for hydroxylation is 1. The second kappa shape index (κ2) is 8.81. The van der Waals surface area contributed by atoms with Gasteiger partial charge in [-0.05, 0) is 71.7 Å². The van der Waals surface area contributed by atoms with Gasteiger partial charge < -0.3 is 9.84 Å². The Morgan fingerprint density at radius 1 is 1.00 bits per heavy atom. The monoisotopic (exact) mass is 349 g/mol. The fraction of sp³-hybridized carbons (Fsp3) is 0.348. The smallest absolute Gasteiger partial charge is 0.119 e. The summed E-state index contributed by atoms with van der Waals surface area (Å²) in [6.45, 7) is 2.23. The number of aliphatic hydroxyl groups excluding tert-OH is 1. The Bertz CT molecular complexity index is 832. The van der Waals surface area contributed by atoms with Crippen LogP contribution in [-0.4, -0.2) is 23.3 Å². The highest BCUT2D eigenvalue weighted by atomic mass is 16.5. The van der Waals surface area contributed by atoms with E-state index in [2.05, 4.69) is 48.3 Å². The lowest BCUT2D eigenvalue weighted by Gasteiger charge is -2.16. The van der Waals surface area contributed by atoms with Crippen LogP contribution in [0.2, 0.25) is 0 Å². The largest absolute Gasteiger partial charge is 0.497 e. The zero-order valence-electron chi connectivity index (χ0n) is 15.6. The third-order valence-corrected chi connectivity index (χ3v) is 5.06. The third kappa shape index (κ3) is 4.83. The molecule has 3 rings (SSSR count). The lowest BCUT2D eigenvalue weighted by molar-refractivity contribution is 0.150. The molecule has 2 aromatic carbocycles. The van der Waals surface area contributed by atoms with Crippen molar-refractivity contribution in [2.45, 2.75) is 44.6 Å². The maximum Gasteiger partial charge on any atom is 0.119 e. The highest BCUT2D eigenvalue weighted by Gasteiger charge is 2.11. The Hall–Kier alpha value is -2.39.